The van der Waals surface area contributed by atoms with Crippen molar-refractivity contribution in [3.63, 3.8) is 0 Å². The van der Waals surface area contributed by atoms with E-state index >= 15 is 0 Å². The fourth-order valence-corrected chi connectivity index (χ4v) is 3.14. The van der Waals surface area contributed by atoms with Crippen LogP contribution in [-0.2, 0) is 6.18 Å². The number of para-hydroxylation sites is 1. The second-order valence-corrected chi connectivity index (χ2v) is 6.55. The summed E-state index contributed by atoms with van der Waals surface area (Å²) in [4.78, 5) is 12.6. The molecule has 1 N–H and O–H groups in total. The topological polar surface area (TPSA) is 34.0 Å². The highest BCUT2D eigenvalue weighted by molar-refractivity contribution is 6.05. The first kappa shape index (κ1) is 19.7. The van der Waals surface area contributed by atoms with Gasteiger partial charge in [-0.15, -0.1) is 0 Å². The van der Waals surface area contributed by atoms with Crippen LogP contribution in [0.15, 0.2) is 48.5 Å². The molecule has 0 aliphatic rings. The van der Waals surface area contributed by atoms with Gasteiger partial charge in [0.1, 0.15) is 5.82 Å². The Balaban J connectivity index is 2.01. The lowest BCUT2D eigenvalue weighted by molar-refractivity contribution is -0.137. The zero-order valence-electron chi connectivity index (χ0n) is 15.5. The van der Waals surface area contributed by atoms with E-state index in [0.29, 0.717) is 17.0 Å². The lowest BCUT2D eigenvalue weighted by Gasteiger charge is -2.16. The lowest BCUT2D eigenvalue weighted by atomic mass is 10.1. The van der Waals surface area contributed by atoms with Crippen molar-refractivity contribution in [3.05, 3.63) is 82.4 Å². The van der Waals surface area contributed by atoms with Crippen LogP contribution in [0.4, 0.5) is 23.2 Å². The van der Waals surface area contributed by atoms with Gasteiger partial charge in [-0.25, -0.2) is 4.39 Å². The number of aromatic nitrogens is 1. The van der Waals surface area contributed by atoms with E-state index in [4.69, 9.17) is 0 Å². The normalized spacial score (nSPS) is 11.5. The molecule has 3 nitrogen and oxygen atoms in total. The molecule has 0 saturated heterocycles. The fraction of sp³-hybridized carbons (Fsp3) is 0.190. The standard InChI is InChI=1S/C21H18F4N2O/c1-12-8-9-15(11-18(12)22)26-20(28)16-10-13(2)27(14(16)3)19-7-5-4-6-17(19)21(23,24)25/h4-11H,1-3H3,(H,26,28). The third-order valence-electron chi connectivity index (χ3n) is 4.56. The molecule has 3 aromatic rings. The molecule has 0 saturated carbocycles. The van der Waals surface area contributed by atoms with Gasteiger partial charge in [-0.1, -0.05) is 18.2 Å². The van der Waals surface area contributed by atoms with Crippen LogP contribution in [0.5, 0.6) is 0 Å². The number of nitrogens with one attached hydrogen (secondary N) is 1. The van der Waals surface area contributed by atoms with Crippen molar-refractivity contribution in [2.45, 2.75) is 26.9 Å². The quantitative estimate of drug-likeness (QED) is 0.563. The number of rotatable bonds is 3. The average Bonchev–Trinajstić information content (AvgIpc) is 2.92. The van der Waals surface area contributed by atoms with Gasteiger partial charge in [0.2, 0.25) is 0 Å². The van der Waals surface area contributed by atoms with E-state index in [1.54, 1.807) is 26.8 Å². The molecule has 2 aromatic carbocycles. The number of hydrogen-bond donors (Lipinski definition) is 1. The molecule has 0 spiro atoms. The molecule has 0 aliphatic carbocycles. The van der Waals surface area contributed by atoms with Crippen LogP contribution >= 0.6 is 0 Å². The van der Waals surface area contributed by atoms with Crippen molar-refractivity contribution >= 4 is 11.6 Å². The smallest absolute Gasteiger partial charge is 0.322 e. The Kier molecular flexibility index (Phi) is 5.02. The molecule has 146 valence electrons. The Morgan fingerprint density at radius 2 is 1.68 bits per heavy atom. The molecule has 28 heavy (non-hydrogen) atoms. The summed E-state index contributed by atoms with van der Waals surface area (Å²) in [5, 5.41) is 2.59. The van der Waals surface area contributed by atoms with Crippen molar-refractivity contribution in [2.24, 2.45) is 0 Å². The van der Waals surface area contributed by atoms with E-state index in [1.165, 1.54) is 41.0 Å². The predicted molar refractivity (Wildman–Crippen MR) is 99.3 cm³/mol. The third kappa shape index (κ3) is 3.65. The summed E-state index contributed by atoms with van der Waals surface area (Å²) >= 11 is 0. The van der Waals surface area contributed by atoms with E-state index in [0.717, 1.165) is 6.07 Å². The number of halogens is 4. The van der Waals surface area contributed by atoms with Crippen molar-refractivity contribution < 1.29 is 22.4 Å². The zero-order chi connectivity index (χ0) is 20.6. The van der Waals surface area contributed by atoms with Crippen LogP contribution in [0.25, 0.3) is 5.69 Å². The zero-order valence-corrected chi connectivity index (χ0v) is 15.5. The molecule has 7 heteroatoms. The van der Waals surface area contributed by atoms with Crippen molar-refractivity contribution in [1.29, 1.82) is 0 Å². The van der Waals surface area contributed by atoms with E-state index in [1.807, 2.05) is 0 Å². The van der Waals surface area contributed by atoms with Gasteiger partial charge in [0.25, 0.3) is 5.91 Å². The maximum atomic E-state index is 13.7. The maximum absolute atomic E-state index is 13.7. The molecule has 0 unspecified atom stereocenters. The largest absolute Gasteiger partial charge is 0.418 e. The number of nitrogens with zero attached hydrogens (tertiary/aromatic N) is 1. The van der Waals surface area contributed by atoms with Gasteiger partial charge in [0.05, 0.1) is 16.8 Å². The van der Waals surface area contributed by atoms with E-state index < -0.39 is 23.5 Å². The second-order valence-electron chi connectivity index (χ2n) is 6.55. The Morgan fingerprint density at radius 1 is 1.00 bits per heavy atom. The molecule has 1 heterocycles. The molecule has 0 radical (unpaired) electrons. The highest BCUT2D eigenvalue weighted by atomic mass is 19.4. The van der Waals surface area contributed by atoms with Gasteiger partial charge in [0.15, 0.2) is 0 Å². The lowest BCUT2D eigenvalue weighted by Crippen LogP contribution is -2.15. The third-order valence-corrected chi connectivity index (χ3v) is 4.56. The molecule has 0 atom stereocenters. The number of amides is 1. The van der Waals surface area contributed by atoms with E-state index in [2.05, 4.69) is 5.32 Å². The number of benzene rings is 2. The Bertz CT molecular complexity index is 1050. The summed E-state index contributed by atoms with van der Waals surface area (Å²) < 4.78 is 55.3. The van der Waals surface area contributed by atoms with Crippen molar-refractivity contribution in [1.82, 2.24) is 4.57 Å². The summed E-state index contributed by atoms with van der Waals surface area (Å²) in [7, 11) is 0. The van der Waals surface area contributed by atoms with E-state index in [9.17, 15) is 22.4 Å². The molecule has 0 bridgehead atoms. The van der Waals surface area contributed by atoms with Crippen LogP contribution in [0.1, 0.15) is 32.9 Å². The van der Waals surface area contributed by atoms with Gasteiger partial charge >= 0.3 is 6.18 Å². The number of anilines is 1. The molecule has 0 aliphatic heterocycles. The molecular formula is C21H18F4N2O. The molecule has 3 rings (SSSR count). The summed E-state index contributed by atoms with van der Waals surface area (Å²) in [5.74, 6) is -0.977. The number of alkyl halides is 3. The SMILES string of the molecule is Cc1ccc(NC(=O)c2cc(C)n(-c3ccccc3C(F)(F)F)c2C)cc1F. The minimum atomic E-state index is -4.53. The minimum absolute atomic E-state index is 0.0505. The molecule has 1 amide bonds. The van der Waals surface area contributed by atoms with Gasteiger partial charge < -0.3 is 9.88 Å². The van der Waals surface area contributed by atoms with Crippen molar-refractivity contribution in [3.8, 4) is 5.69 Å². The average molecular weight is 390 g/mol. The number of hydrogen-bond acceptors (Lipinski definition) is 1. The van der Waals surface area contributed by atoms with Gasteiger partial charge in [0, 0.05) is 17.1 Å². The number of aryl methyl sites for hydroxylation is 2. The summed E-state index contributed by atoms with van der Waals surface area (Å²) in [6.45, 7) is 4.81. The van der Waals surface area contributed by atoms with Gasteiger partial charge in [-0.05, 0) is 56.7 Å². The highest BCUT2D eigenvalue weighted by Gasteiger charge is 2.34. The van der Waals surface area contributed by atoms with Gasteiger partial charge in [-0.3, -0.25) is 4.79 Å². The fourth-order valence-electron chi connectivity index (χ4n) is 3.14. The minimum Gasteiger partial charge on any atom is -0.322 e. The van der Waals surface area contributed by atoms with Gasteiger partial charge in [-0.2, -0.15) is 13.2 Å². The van der Waals surface area contributed by atoms with Crippen LogP contribution in [-0.4, -0.2) is 10.5 Å². The Hall–Kier alpha value is -3.09. The second kappa shape index (κ2) is 7.14. The monoisotopic (exact) mass is 390 g/mol. The molecular weight excluding hydrogens is 372 g/mol. The number of carbonyl (C=O) groups is 1. The highest BCUT2D eigenvalue weighted by Crippen LogP contribution is 2.35. The summed E-state index contributed by atoms with van der Waals surface area (Å²) in [6, 6.07) is 11.0. The van der Waals surface area contributed by atoms with Crippen molar-refractivity contribution in [2.75, 3.05) is 5.32 Å². The first-order valence-electron chi connectivity index (χ1n) is 8.52. The first-order valence-corrected chi connectivity index (χ1v) is 8.52. The van der Waals surface area contributed by atoms with Crippen LogP contribution < -0.4 is 5.32 Å². The Labute approximate surface area is 159 Å². The Morgan fingerprint density at radius 3 is 2.32 bits per heavy atom. The summed E-state index contributed by atoms with van der Waals surface area (Å²) in [6.07, 6.45) is -4.53. The molecule has 0 fully saturated rings. The summed E-state index contributed by atoms with van der Waals surface area (Å²) in [5.41, 5.74) is 0.938. The predicted octanol–water partition coefficient (Wildman–Crippen LogP) is 5.81. The molecule has 1 aromatic heterocycles. The first-order chi connectivity index (χ1) is 13.1. The number of carbonyl (C=O) groups excluding carboxylic acids is 1. The van der Waals surface area contributed by atoms with Crippen LogP contribution in [0, 0.1) is 26.6 Å². The van der Waals surface area contributed by atoms with Crippen LogP contribution in [0.2, 0.25) is 0 Å². The van der Waals surface area contributed by atoms with E-state index in [-0.39, 0.29) is 16.9 Å². The van der Waals surface area contributed by atoms with Crippen LogP contribution in [0.3, 0.4) is 0 Å². The maximum Gasteiger partial charge on any atom is 0.418 e.